The molecule has 0 aliphatic carbocycles. The summed E-state index contributed by atoms with van der Waals surface area (Å²) < 4.78 is 12.5. The van der Waals surface area contributed by atoms with Gasteiger partial charge >= 0.3 is 0 Å². The quantitative estimate of drug-likeness (QED) is 0.503. The molecule has 8 nitrogen and oxygen atoms in total. The number of morpholine rings is 1. The van der Waals surface area contributed by atoms with Crippen molar-refractivity contribution in [1.29, 1.82) is 0 Å². The van der Waals surface area contributed by atoms with E-state index in [4.69, 9.17) is 9.47 Å². The number of rotatable bonds is 8. The van der Waals surface area contributed by atoms with E-state index >= 15 is 0 Å². The van der Waals surface area contributed by atoms with Crippen LogP contribution in [0.3, 0.4) is 0 Å². The van der Waals surface area contributed by atoms with Crippen molar-refractivity contribution in [2.45, 2.75) is 0 Å². The average molecular weight is 463 g/mol. The van der Waals surface area contributed by atoms with Crippen LogP contribution in [0.15, 0.2) is 60.4 Å². The summed E-state index contributed by atoms with van der Waals surface area (Å²) in [4.78, 5) is 28.3. The van der Waals surface area contributed by atoms with Gasteiger partial charge in [-0.1, -0.05) is 18.2 Å². The molecule has 0 spiro atoms. The summed E-state index contributed by atoms with van der Waals surface area (Å²) in [6.07, 6.45) is 3.68. The zero-order valence-corrected chi connectivity index (χ0v) is 19.5. The van der Waals surface area contributed by atoms with E-state index in [1.165, 1.54) is 0 Å². The van der Waals surface area contributed by atoms with Crippen molar-refractivity contribution < 1.29 is 19.1 Å². The van der Waals surface area contributed by atoms with Gasteiger partial charge in [-0.2, -0.15) is 0 Å². The fourth-order valence-electron chi connectivity index (χ4n) is 3.99. The maximum atomic E-state index is 13.1. The molecule has 2 N–H and O–H groups in total. The van der Waals surface area contributed by atoms with Crippen molar-refractivity contribution in [2.24, 2.45) is 7.05 Å². The third-order valence-corrected chi connectivity index (χ3v) is 5.89. The first-order chi connectivity index (χ1) is 16.5. The van der Waals surface area contributed by atoms with Crippen molar-refractivity contribution in [3.8, 4) is 5.75 Å². The molecule has 34 heavy (non-hydrogen) atoms. The fourth-order valence-corrected chi connectivity index (χ4v) is 3.99. The molecule has 178 valence electrons. The molecule has 0 unspecified atom stereocenters. The van der Waals surface area contributed by atoms with Gasteiger partial charge in [-0.3, -0.25) is 14.5 Å². The van der Waals surface area contributed by atoms with Crippen molar-refractivity contribution in [1.82, 2.24) is 20.1 Å². The summed E-state index contributed by atoms with van der Waals surface area (Å²) in [7, 11) is 3.53. The van der Waals surface area contributed by atoms with Crippen molar-refractivity contribution in [3.05, 3.63) is 71.6 Å². The summed E-state index contributed by atoms with van der Waals surface area (Å²) in [5, 5.41) is 6.76. The molecule has 0 atom stereocenters. The van der Waals surface area contributed by atoms with E-state index in [0.717, 1.165) is 36.1 Å². The van der Waals surface area contributed by atoms with Gasteiger partial charge in [-0.05, 0) is 36.4 Å². The lowest BCUT2D eigenvalue weighted by atomic mass is 10.1. The first-order valence-corrected chi connectivity index (χ1v) is 11.3. The minimum absolute atomic E-state index is 0.194. The molecule has 1 aliphatic heterocycles. The van der Waals surface area contributed by atoms with Gasteiger partial charge in [0.2, 0.25) is 0 Å². The Morgan fingerprint density at radius 3 is 2.56 bits per heavy atom. The van der Waals surface area contributed by atoms with E-state index in [9.17, 15) is 9.59 Å². The van der Waals surface area contributed by atoms with Crippen molar-refractivity contribution in [3.63, 3.8) is 0 Å². The van der Waals surface area contributed by atoms with Gasteiger partial charge < -0.3 is 24.7 Å². The molecule has 2 aromatic carbocycles. The number of benzene rings is 2. The summed E-state index contributed by atoms with van der Waals surface area (Å²) in [5.41, 5.74) is 2.53. The zero-order chi connectivity index (χ0) is 23.9. The molecule has 2 heterocycles. The second-order valence-electron chi connectivity index (χ2n) is 8.16. The number of nitrogens with one attached hydrogen (secondary N) is 2. The maximum absolute atomic E-state index is 13.1. The highest BCUT2D eigenvalue weighted by Crippen LogP contribution is 2.22. The van der Waals surface area contributed by atoms with Crippen LogP contribution >= 0.6 is 0 Å². The van der Waals surface area contributed by atoms with Crippen LogP contribution in [-0.2, 0) is 16.6 Å². The zero-order valence-electron chi connectivity index (χ0n) is 19.5. The van der Waals surface area contributed by atoms with E-state index < -0.39 is 0 Å². The minimum Gasteiger partial charge on any atom is -0.497 e. The molecule has 1 aromatic heterocycles. The smallest absolute Gasteiger partial charge is 0.267 e. The van der Waals surface area contributed by atoms with E-state index in [1.807, 2.05) is 42.1 Å². The Bertz CT molecular complexity index is 1180. The van der Waals surface area contributed by atoms with Crippen LogP contribution in [0.2, 0.25) is 0 Å². The topological polar surface area (TPSA) is 84.8 Å². The summed E-state index contributed by atoms with van der Waals surface area (Å²) in [6, 6.07) is 14.7. The molecule has 1 aliphatic rings. The molecule has 0 bridgehead atoms. The lowest BCUT2D eigenvalue weighted by Crippen LogP contribution is -2.42. The van der Waals surface area contributed by atoms with Crippen LogP contribution < -0.4 is 15.4 Å². The van der Waals surface area contributed by atoms with Crippen LogP contribution in [0.5, 0.6) is 5.75 Å². The molecule has 1 saturated heterocycles. The number of methoxy groups -OCH3 is 1. The van der Waals surface area contributed by atoms with E-state index in [2.05, 4.69) is 15.5 Å². The third kappa shape index (κ3) is 5.65. The number of carbonyl (C=O) groups is 2. The molecule has 8 heteroatoms. The van der Waals surface area contributed by atoms with Gasteiger partial charge in [0.05, 0.1) is 20.3 Å². The highest BCUT2D eigenvalue weighted by atomic mass is 16.5. The fraction of sp³-hybridized carbons (Fsp3) is 0.308. The number of nitrogens with zero attached hydrogens (tertiary/aromatic N) is 2. The molecule has 4 rings (SSSR count). The number of aromatic nitrogens is 1. The van der Waals surface area contributed by atoms with E-state index in [-0.39, 0.29) is 17.5 Å². The SMILES string of the molecule is COc1ccc(C(=O)N/C(=C\c2cn(C)c3ccccc23)C(=O)NCCN2CCOCC2)cc1. The Morgan fingerprint density at radius 1 is 1.09 bits per heavy atom. The molecular formula is C26H30N4O4. The first kappa shape index (κ1) is 23.5. The van der Waals surface area contributed by atoms with Crippen LogP contribution in [0, 0.1) is 0 Å². The largest absolute Gasteiger partial charge is 0.497 e. The van der Waals surface area contributed by atoms with Crippen LogP contribution in [0.25, 0.3) is 17.0 Å². The van der Waals surface area contributed by atoms with Gasteiger partial charge in [0, 0.05) is 61.5 Å². The highest BCUT2D eigenvalue weighted by molar-refractivity contribution is 6.06. The maximum Gasteiger partial charge on any atom is 0.267 e. The van der Waals surface area contributed by atoms with Gasteiger partial charge in [0.25, 0.3) is 11.8 Å². The Kier molecular flexibility index (Phi) is 7.61. The lowest BCUT2D eigenvalue weighted by molar-refractivity contribution is -0.117. The van der Waals surface area contributed by atoms with Crippen molar-refractivity contribution in [2.75, 3.05) is 46.5 Å². The molecule has 3 aromatic rings. The predicted molar refractivity (Wildman–Crippen MR) is 132 cm³/mol. The number of hydrogen-bond acceptors (Lipinski definition) is 5. The third-order valence-electron chi connectivity index (χ3n) is 5.89. The summed E-state index contributed by atoms with van der Waals surface area (Å²) in [5.74, 6) is -0.0375. The number of aryl methyl sites for hydroxylation is 1. The second kappa shape index (κ2) is 11.0. The van der Waals surface area contributed by atoms with Gasteiger partial charge in [-0.25, -0.2) is 0 Å². The van der Waals surface area contributed by atoms with Crippen LogP contribution in [-0.4, -0.2) is 67.8 Å². The Labute approximate surface area is 199 Å². The van der Waals surface area contributed by atoms with Gasteiger partial charge in [0.15, 0.2) is 0 Å². The minimum atomic E-state index is -0.363. The number of hydrogen-bond donors (Lipinski definition) is 2. The van der Waals surface area contributed by atoms with E-state index in [0.29, 0.717) is 31.1 Å². The average Bonchev–Trinajstić information content (AvgIpc) is 3.19. The van der Waals surface area contributed by atoms with Crippen molar-refractivity contribution >= 4 is 28.8 Å². The number of carbonyl (C=O) groups excluding carboxylic acids is 2. The molecular weight excluding hydrogens is 432 g/mol. The predicted octanol–water partition coefficient (Wildman–Crippen LogP) is 2.41. The highest BCUT2D eigenvalue weighted by Gasteiger charge is 2.17. The number of fused-ring (bicyclic) bond motifs is 1. The van der Waals surface area contributed by atoms with Gasteiger partial charge in [-0.15, -0.1) is 0 Å². The number of ether oxygens (including phenoxy) is 2. The summed E-state index contributed by atoms with van der Waals surface area (Å²) in [6.45, 7) is 4.31. The Hall–Kier alpha value is -3.62. The number of amides is 2. The molecule has 0 radical (unpaired) electrons. The molecule has 2 amide bonds. The first-order valence-electron chi connectivity index (χ1n) is 11.3. The monoisotopic (exact) mass is 462 g/mol. The van der Waals surface area contributed by atoms with E-state index in [1.54, 1.807) is 37.5 Å². The second-order valence-corrected chi connectivity index (χ2v) is 8.16. The van der Waals surface area contributed by atoms with Crippen LogP contribution in [0.1, 0.15) is 15.9 Å². The van der Waals surface area contributed by atoms with Gasteiger partial charge in [0.1, 0.15) is 11.4 Å². The lowest BCUT2D eigenvalue weighted by Gasteiger charge is -2.26. The standard InChI is InChI=1S/C26H30N4O4/c1-29-18-20(22-5-3-4-6-24(22)29)17-23(26(32)27-11-12-30-13-15-34-16-14-30)28-25(31)19-7-9-21(33-2)10-8-19/h3-10,17-18H,11-16H2,1-2H3,(H,27,32)(H,28,31)/b23-17-. The number of para-hydroxylation sites is 1. The molecule has 0 saturated carbocycles. The normalized spacial score (nSPS) is 14.7. The Balaban J connectivity index is 1.55. The Morgan fingerprint density at radius 2 is 1.82 bits per heavy atom. The molecule has 1 fully saturated rings. The summed E-state index contributed by atoms with van der Waals surface area (Å²) >= 11 is 0. The van der Waals surface area contributed by atoms with Crippen LogP contribution in [0.4, 0.5) is 0 Å².